The van der Waals surface area contributed by atoms with Gasteiger partial charge >= 0.3 is 0 Å². The lowest BCUT2D eigenvalue weighted by Crippen LogP contribution is -2.07. The van der Waals surface area contributed by atoms with Gasteiger partial charge in [-0.1, -0.05) is 17.6 Å². The van der Waals surface area contributed by atoms with Crippen molar-refractivity contribution in [2.75, 3.05) is 5.73 Å². The van der Waals surface area contributed by atoms with Crippen LogP contribution in [0.1, 0.15) is 0 Å². The minimum atomic E-state index is 0.194. The average molecular weight is 191 g/mol. The Morgan fingerprint density at radius 1 is 1.31 bits per heavy atom. The normalized spacial score (nSPS) is 10.5. The third-order valence-corrected chi connectivity index (χ3v) is 2.10. The van der Waals surface area contributed by atoms with Crippen LogP contribution in [0.15, 0.2) is 18.2 Å². The Bertz CT molecular complexity index is 472. The summed E-state index contributed by atoms with van der Waals surface area (Å²) in [5, 5.41) is 1.05. The van der Waals surface area contributed by atoms with E-state index < -0.39 is 0 Å². The quantitative estimate of drug-likeness (QED) is 0.475. The van der Waals surface area contributed by atoms with Crippen LogP contribution in [0.25, 0.3) is 10.9 Å². The molecule has 0 bridgehead atoms. The summed E-state index contributed by atoms with van der Waals surface area (Å²) in [7, 11) is 1.96. The molecule has 0 saturated carbocycles. The molecule has 0 aliphatic rings. The van der Waals surface area contributed by atoms with Crippen LogP contribution in [-0.4, -0.2) is 17.8 Å². The van der Waals surface area contributed by atoms with Crippen LogP contribution in [-0.2, 0) is 0 Å². The van der Waals surface area contributed by atoms with Gasteiger partial charge in [-0.2, -0.15) is 0 Å². The van der Waals surface area contributed by atoms with Gasteiger partial charge in [-0.15, -0.1) is 0 Å². The molecule has 2 rings (SSSR count). The molecule has 0 aliphatic heterocycles. The largest absolute Gasteiger partial charge is 0.383 e. The van der Waals surface area contributed by atoms with Gasteiger partial charge in [-0.25, -0.2) is 9.97 Å². The van der Waals surface area contributed by atoms with E-state index in [0.29, 0.717) is 5.82 Å². The standard InChI is InChI=1S/C8H7BClN3/c9-5-3-1-2-4-6(5)12-8(10)13-7(4)11/h1-3H,9H2,(H2,11,12,13). The SMILES string of the molecule is Bc1cccc2c(N)nc(Cl)nc12. The summed E-state index contributed by atoms with van der Waals surface area (Å²) in [6.07, 6.45) is 0. The van der Waals surface area contributed by atoms with Gasteiger partial charge in [-0.3, -0.25) is 0 Å². The molecule has 1 heterocycles. The Morgan fingerprint density at radius 3 is 2.85 bits per heavy atom. The molecule has 3 nitrogen and oxygen atoms in total. The first-order valence-corrected chi connectivity index (χ1v) is 4.24. The fraction of sp³-hybridized carbons (Fsp3) is 0. The van der Waals surface area contributed by atoms with Crippen molar-refractivity contribution in [1.29, 1.82) is 0 Å². The molecule has 0 aliphatic carbocycles. The van der Waals surface area contributed by atoms with Gasteiger partial charge in [0.1, 0.15) is 13.7 Å². The summed E-state index contributed by atoms with van der Waals surface area (Å²) >= 11 is 5.69. The lowest BCUT2D eigenvalue weighted by molar-refractivity contribution is 1.23. The van der Waals surface area contributed by atoms with Gasteiger partial charge in [0.2, 0.25) is 5.28 Å². The predicted octanol–water partition coefficient (Wildman–Crippen LogP) is 0.124. The van der Waals surface area contributed by atoms with Crippen LogP contribution in [0.3, 0.4) is 0 Å². The Labute approximate surface area is 81.3 Å². The number of anilines is 1. The van der Waals surface area contributed by atoms with E-state index in [-0.39, 0.29) is 5.28 Å². The van der Waals surface area contributed by atoms with Crippen LogP contribution in [0.4, 0.5) is 5.82 Å². The van der Waals surface area contributed by atoms with Crippen LogP contribution >= 0.6 is 11.6 Å². The van der Waals surface area contributed by atoms with Crippen LogP contribution < -0.4 is 11.2 Å². The van der Waals surface area contributed by atoms with Gasteiger partial charge in [0.25, 0.3) is 0 Å². The number of nitrogen functional groups attached to an aromatic ring is 1. The summed E-state index contributed by atoms with van der Waals surface area (Å²) in [4.78, 5) is 7.99. The van der Waals surface area contributed by atoms with E-state index in [9.17, 15) is 0 Å². The van der Waals surface area contributed by atoms with E-state index in [1.807, 2.05) is 26.0 Å². The molecule has 0 saturated heterocycles. The highest BCUT2D eigenvalue weighted by atomic mass is 35.5. The summed E-state index contributed by atoms with van der Waals surface area (Å²) in [5.41, 5.74) is 7.56. The Balaban J connectivity index is 2.94. The van der Waals surface area contributed by atoms with Crippen molar-refractivity contribution in [3.8, 4) is 0 Å². The second kappa shape index (κ2) is 2.89. The van der Waals surface area contributed by atoms with Gasteiger partial charge in [0.05, 0.1) is 5.52 Å². The number of nitrogens with zero attached hydrogens (tertiary/aromatic N) is 2. The molecular weight excluding hydrogens is 184 g/mol. The van der Waals surface area contributed by atoms with Crippen molar-refractivity contribution < 1.29 is 0 Å². The maximum Gasteiger partial charge on any atom is 0.224 e. The molecule has 0 fully saturated rings. The molecule has 0 radical (unpaired) electrons. The Hall–Kier alpha value is -1.29. The van der Waals surface area contributed by atoms with Crippen molar-refractivity contribution in [3.63, 3.8) is 0 Å². The van der Waals surface area contributed by atoms with Crippen LogP contribution in [0, 0.1) is 0 Å². The summed E-state index contributed by atoms with van der Waals surface area (Å²) < 4.78 is 0. The second-order valence-electron chi connectivity index (χ2n) is 2.85. The number of hydrogen-bond acceptors (Lipinski definition) is 3. The maximum absolute atomic E-state index is 5.69. The Kier molecular flexibility index (Phi) is 1.85. The highest BCUT2D eigenvalue weighted by Gasteiger charge is 2.04. The molecule has 0 atom stereocenters. The van der Waals surface area contributed by atoms with Gasteiger partial charge in [-0.05, 0) is 17.7 Å². The van der Waals surface area contributed by atoms with Crippen molar-refractivity contribution in [1.82, 2.24) is 9.97 Å². The first-order valence-electron chi connectivity index (χ1n) is 3.87. The summed E-state index contributed by atoms with van der Waals surface area (Å²) in [5.74, 6) is 0.429. The van der Waals surface area contributed by atoms with Crippen molar-refractivity contribution in [3.05, 3.63) is 23.5 Å². The molecule has 0 spiro atoms. The zero-order valence-corrected chi connectivity index (χ0v) is 7.84. The molecule has 13 heavy (non-hydrogen) atoms. The fourth-order valence-electron chi connectivity index (χ4n) is 1.29. The smallest absolute Gasteiger partial charge is 0.224 e. The first kappa shape index (κ1) is 8.32. The van der Waals surface area contributed by atoms with E-state index in [0.717, 1.165) is 16.4 Å². The van der Waals surface area contributed by atoms with Crippen LogP contribution in [0.5, 0.6) is 0 Å². The predicted molar refractivity (Wildman–Crippen MR) is 57.1 cm³/mol. The first-order chi connectivity index (χ1) is 6.18. The molecular formula is C8H7BClN3. The number of benzene rings is 1. The average Bonchev–Trinajstić information content (AvgIpc) is 2.07. The van der Waals surface area contributed by atoms with E-state index in [1.165, 1.54) is 0 Å². The third kappa shape index (κ3) is 1.33. The third-order valence-electron chi connectivity index (χ3n) is 1.93. The molecule has 2 N–H and O–H groups in total. The zero-order chi connectivity index (χ0) is 9.42. The Morgan fingerprint density at radius 2 is 2.08 bits per heavy atom. The van der Waals surface area contributed by atoms with Crippen molar-refractivity contribution >= 4 is 41.6 Å². The number of fused-ring (bicyclic) bond motifs is 1. The minimum Gasteiger partial charge on any atom is -0.383 e. The minimum absolute atomic E-state index is 0.194. The number of halogens is 1. The van der Waals surface area contributed by atoms with Gasteiger partial charge in [0, 0.05) is 5.39 Å². The van der Waals surface area contributed by atoms with Gasteiger partial charge < -0.3 is 5.73 Å². The highest BCUT2D eigenvalue weighted by molar-refractivity contribution is 6.39. The molecule has 5 heteroatoms. The summed E-state index contributed by atoms with van der Waals surface area (Å²) in [6.45, 7) is 0. The monoisotopic (exact) mass is 191 g/mol. The highest BCUT2D eigenvalue weighted by Crippen LogP contribution is 2.16. The van der Waals surface area contributed by atoms with Crippen molar-refractivity contribution in [2.45, 2.75) is 0 Å². The second-order valence-corrected chi connectivity index (χ2v) is 3.19. The molecule has 64 valence electrons. The number of hydrogen-bond donors (Lipinski definition) is 1. The van der Waals surface area contributed by atoms with Crippen LogP contribution in [0.2, 0.25) is 5.28 Å². The maximum atomic E-state index is 5.69. The topological polar surface area (TPSA) is 51.8 Å². The molecule has 0 unspecified atom stereocenters. The lowest BCUT2D eigenvalue weighted by Gasteiger charge is -2.03. The van der Waals surface area contributed by atoms with E-state index in [1.54, 1.807) is 0 Å². The number of nitrogens with two attached hydrogens (primary N) is 1. The molecule has 1 aromatic heterocycles. The number of rotatable bonds is 0. The lowest BCUT2D eigenvalue weighted by atomic mass is 9.93. The summed E-state index contributed by atoms with van der Waals surface area (Å²) in [6, 6.07) is 5.77. The van der Waals surface area contributed by atoms with Gasteiger partial charge in [0.15, 0.2) is 0 Å². The molecule has 2 aromatic rings. The van der Waals surface area contributed by atoms with E-state index >= 15 is 0 Å². The number of para-hydroxylation sites is 1. The molecule has 0 amide bonds. The molecule has 1 aromatic carbocycles. The number of aromatic nitrogens is 2. The van der Waals surface area contributed by atoms with E-state index in [2.05, 4.69) is 9.97 Å². The van der Waals surface area contributed by atoms with E-state index in [4.69, 9.17) is 17.3 Å². The zero-order valence-electron chi connectivity index (χ0n) is 7.08. The van der Waals surface area contributed by atoms with Crippen molar-refractivity contribution in [2.24, 2.45) is 0 Å². The fourth-order valence-corrected chi connectivity index (χ4v) is 1.47.